The highest BCUT2D eigenvalue weighted by molar-refractivity contribution is 7.15. The summed E-state index contributed by atoms with van der Waals surface area (Å²) in [7, 11) is 0. The molecule has 1 fully saturated rings. The molecule has 6 nitrogen and oxygen atoms in total. The van der Waals surface area contributed by atoms with E-state index in [1.165, 1.54) is 24.2 Å². The number of aromatic nitrogens is 2. The predicted octanol–water partition coefficient (Wildman–Crippen LogP) is 0.918. The maximum Gasteiger partial charge on any atom is 0.321 e. The van der Waals surface area contributed by atoms with Gasteiger partial charge in [-0.15, -0.1) is 10.2 Å². The highest BCUT2D eigenvalue weighted by atomic mass is 32.1. The van der Waals surface area contributed by atoms with Crippen LogP contribution in [0.2, 0.25) is 0 Å². The molecule has 88 valence electrons. The van der Waals surface area contributed by atoms with Crippen LogP contribution in [0.15, 0.2) is 0 Å². The van der Waals surface area contributed by atoms with Crippen LogP contribution in [0.4, 0.5) is 9.93 Å². The molecule has 3 N–H and O–H groups in total. The Morgan fingerprint density at radius 2 is 2.38 bits per heavy atom. The molecular formula is C9H14N4O2S. The van der Waals surface area contributed by atoms with E-state index in [9.17, 15) is 4.79 Å². The lowest BCUT2D eigenvalue weighted by Gasteiger charge is -2.09. The number of nitrogens with one attached hydrogen (secondary N) is 2. The molecule has 1 heterocycles. The smallest absolute Gasteiger partial charge is 0.321 e. The second kappa shape index (κ2) is 4.75. The standard InChI is InChI=1S/C9H14N4O2S/c1-5(4-14)10-8(15)11-9-13-12-7(16-9)6-2-3-6/h5-6,14H,2-4H2,1H3,(H2,10,11,13,15). The van der Waals surface area contributed by atoms with Crippen LogP contribution >= 0.6 is 11.3 Å². The van der Waals surface area contributed by atoms with E-state index in [1.807, 2.05) is 0 Å². The van der Waals surface area contributed by atoms with Crippen LogP contribution in [0.3, 0.4) is 0 Å². The predicted molar refractivity (Wildman–Crippen MR) is 60.6 cm³/mol. The van der Waals surface area contributed by atoms with E-state index in [0.717, 1.165) is 5.01 Å². The molecule has 2 rings (SSSR count). The van der Waals surface area contributed by atoms with Crippen LogP contribution in [-0.2, 0) is 0 Å². The second-order valence-electron chi connectivity index (χ2n) is 3.90. The lowest BCUT2D eigenvalue weighted by molar-refractivity contribution is 0.229. The van der Waals surface area contributed by atoms with E-state index >= 15 is 0 Å². The van der Waals surface area contributed by atoms with Crippen LogP contribution in [-0.4, -0.2) is 34.0 Å². The summed E-state index contributed by atoms with van der Waals surface area (Å²) < 4.78 is 0. The van der Waals surface area contributed by atoms with Gasteiger partial charge < -0.3 is 10.4 Å². The van der Waals surface area contributed by atoms with Gasteiger partial charge in [0.15, 0.2) is 0 Å². The molecule has 1 aliphatic carbocycles. The summed E-state index contributed by atoms with van der Waals surface area (Å²) in [6.45, 7) is 1.63. The summed E-state index contributed by atoms with van der Waals surface area (Å²) >= 11 is 1.41. The van der Waals surface area contributed by atoms with Gasteiger partial charge in [0, 0.05) is 5.92 Å². The Balaban J connectivity index is 1.85. The van der Waals surface area contributed by atoms with Gasteiger partial charge in [0.05, 0.1) is 12.6 Å². The van der Waals surface area contributed by atoms with E-state index in [1.54, 1.807) is 6.92 Å². The van der Waals surface area contributed by atoms with E-state index < -0.39 is 0 Å². The molecule has 2 amide bonds. The van der Waals surface area contributed by atoms with Crippen molar-refractivity contribution < 1.29 is 9.90 Å². The van der Waals surface area contributed by atoms with Gasteiger partial charge in [-0.25, -0.2) is 4.79 Å². The molecule has 1 saturated carbocycles. The summed E-state index contributed by atoms with van der Waals surface area (Å²) in [6, 6.07) is -0.629. The number of nitrogens with zero attached hydrogens (tertiary/aromatic N) is 2. The van der Waals surface area contributed by atoms with Gasteiger partial charge in [0.2, 0.25) is 5.13 Å². The Morgan fingerprint density at radius 3 is 3.00 bits per heavy atom. The van der Waals surface area contributed by atoms with Crippen molar-refractivity contribution in [1.29, 1.82) is 0 Å². The Bertz CT molecular complexity index is 377. The minimum atomic E-state index is -0.361. The number of hydrogen-bond acceptors (Lipinski definition) is 5. The van der Waals surface area contributed by atoms with Gasteiger partial charge in [0.25, 0.3) is 0 Å². The van der Waals surface area contributed by atoms with Gasteiger partial charge in [-0.2, -0.15) is 0 Å². The summed E-state index contributed by atoms with van der Waals surface area (Å²) in [5.41, 5.74) is 0. The van der Waals surface area contributed by atoms with Crippen LogP contribution in [0, 0.1) is 0 Å². The van der Waals surface area contributed by atoms with Crippen molar-refractivity contribution in [1.82, 2.24) is 15.5 Å². The van der Waals surface area contributed by atoms with Crippen LogP contribution < -0.4 is 10.6 Å². The summed E-state index contributed by atoms with van der Waals surface area (Å²) in [6.07, 6.45) is 2.34. The third-order valence-electron chi connectivity index (χ3n) is 2.24. The molecule has 7 heteroatoms. The van der Waals surface area contributed by atoms with Crippen molar-refractivity contribution in [2.45, 2.75) is 31.7 Å². The molecule has 1 atom stereocenters. The van der Waals surface area contributed by atoms with Crippen molar-refractivity contribution in [2.24, 2.45) is 0 Å². The number of anilines is 1. The zero-order valence-electron chi connectivity index (χ0n) is 8.93. The molecule has 1 aromatic rings. The Morgan fingerprint density at radius 1 is 1.62 bits per heavy atom. The molecule has 0 bridgehead atoms. The minimum Gasteiger partial charge on any atom is -0.394 e. The maximum atomic E-state index is 11.4. The zero-order chi connectivity index (χ0) is 11.5. The van der Waals surface area contributed by atoms with E-state index in [2.05, 4.69) is 20.8 Å². The molecule has 0 aromatic carbocycles. The number of aliphatic hydroxyl groups is 1. The molecule has 1 aromatic heterocycles. The number of carbonyl (C=O) groups excluding carboxylic acids is 1. The molecule has 0 aliphatic heterocycles. The van der Waals surface area contributed by atoms with E-state index in [4.69, 9.17) is 5.11 Å². The number of amides is 2. The van der Waals surface area contributed by atoms with E-state index in [0.29, 0.717) is 11.0 Å². The fourth-order valence-corrected chi connectivity index (χ4v) is 2.09. The van der Waals surface area contributed by atoms with Gasteiger partial charge in [-0.1, -0.05) is 11.3 Å². The van der Waals surface area contributed by atoms with Crippen molar-refractivity contribution in [3.63, 3.8) is 0 Å². The summed E-state index contributed by atoms with van der Waals surface area (Å²) in [5.74, 6) is 0.549. The van der Waals surface area contributed by atoms with Gasteiger partial charge in [-0.3, -0.25) is 5.32 Å². The number of carbonyl (C=O) groups is 1. The first-order valence-corrected chi connectivity index (χ1v) is 6.02. The quantitative estimate of drug-likeness (QED) is 0.732. The zero-order valence-corrected chi connectivity index (χ0v) is 9.75. The molecule has 0 spiro atoms. The Labute approximate surface area is 97.1 Å². The first-order valence-electron chi connectivity index (χ1n) is 5.21. The molecule has 1 aliphatic rings. The highest BCUT2D eigenvalue weighted by Gasteiger charge is 2.27. The number of aliphatic hydroxyl groups excluding tert-OH is 1. The maximum absolute atomic E-state index is 11.4. The first-order chi connectivity index (χ1) is 7.69. The van der Waals surface area contributed by atoms with Crippen molar-refractivity contribution in [3.05, 3.63) is 5.01 Å². The number of hydrogen-bond donors (Lipinski definition) is 3. The average molecular weight is 242 g/mol. The molecule has 16 heavy (non-hydrogen) atoms. The Hall–Kier alpha value is -1.21. The molecule has 0 radical (unpaired) electrons. The van der Waals surface area contributed by atoms with Gasteiger partial charge >= 0.3 is 6.03 Å². The van der Waals surface area contributed by atoms with Gasteiger partial charge in [-0.05, 0) is 19.8 Å². The van der Waals surface area contributed by atoms with Crippen molar-refractivity contribution in [2.75, 3.05) is 11.9 Å². The highest BCUT2D eigenvalue weighted by Crippen LogP contribution is 2.41. The number of rotatable bonds is 4. The number of urea groups is 1. The van der Waals surface area contributed by atoms with Crippen LogP contribution in [0.5, 0.6) is 0 Å². The normalized spacial score (nSPS) is 16.9. The fraction of sp³-hybridized carbons (Fsp3) is 0.667. The van der Waals surface area contributed by atoms with E-state index in [-0.39, 0.29) is 18.7 Å². The molecule has 1 unspecified atom stereocenters. The third-order valence-corrected chi connectivity index (χ3v) is 3.24. The lowest BCUT2D eigenvalue weighted by Crippen LogP contribution is -2.38. The topological polar surface area (TPSA) is 87.1 Å². The minimum absolute atomic E-state index is 0.0864. The Kier molecular flexibility index (Phi) is 3.35. The fourth-order valence-electron chi connectivity index (χ4n) is 1.18. The van der Waals surface area contributed by atoms with Crippen molar-refractivity contribution >= 4 is 22.5 Å². The second-order valence-corrected chi connectivity index (χ2v) is 4.91. The molecular weight excluding hydrogens is 228 g/mol. The SMILES string of the molecule is CC(CO)NC(=O)Nc1nnc(C2CC2)s1. The summed E-state index contributed by atoms with van der Waals surface area (Å²) in [4.78, 5) is 11.4. The lowest BCUT2D eigenvalue weighted by atomic mass is 10.4. The van der Waals surface area contributed by atoms with Gasteiger partial charge in [0.1, 0.15) is 5.01 Å². The monoisotopic (exact) mass is 242 g/mol. The first kappa shape index (κ1) is 11.3. The molecule has 0 saturated heterocycles. The largest absolute Gasteiger partial charge is 0.394 e. The third kappa shape index (κ3) is 2.89. The average Bonchev–Trinajstić information content (AvgIpc) is 3.00. The van der Waals surface area contributed by atoms with Crippen LogP contribution in [0.25, 0.3) is 0 Å². The van der Waals surface area contributed by atoms with Crippen LogP contribution in [0.1, 0.15) is 30.7 Å². The summed E-state index contributed by atoms with van der Waals surface area (Å²) in [5, 5.41) is 23.3. The van der Waals surface area contributed by atoms with Crippen molar-refractivity contribution in [3.8, 4) is 0 Å².